The molecule has 23 heavy (non-hydrogen) atoms. The molecule has 1 heterocycles. The van der Waals surface area contributed by atoms with E-state index in [1.54, 1.807) is 7.05 Å². The molecule has 2 unspecified atom stereocenters. The molecule has 0 spiro atoms. The smallest absolute Gasteiger partial charge is 0.191 e. The highest BCUT2D eigenvalue weighted by Gasteiger charge is 2.14. The predicted molar refractivity (Wildman–Crippen MR) is 94.5 cm³/mol. The molecule has 1 saturated heterocycles. The van der Waals surface area contributed by atoms with E-state index < -0.39 is 0 Å². The Bertz CT molecular complexity index is 487. The van der Waals surface area contributed by atoms with Gasteiger partial charge in [-0.25, -0.2) is 0 Å². The van der Waals surface area contributed by atoms with Crippen LogP contribution in [0.4, 0.5) is 0 Å². The minimum Gasteiger partial charge on any atom is -0.489 e. The number of benzene rings is 1. The second kappa shape index (κ2) is 9.63. The van der Waals surface area contributed by atoms with Crippen molar-refractivity contribution in [2.45, 2.75) is 38.4 Å². The summed E-state index contributed by atoms with van der Waals surface area (Å²) in [6.07, 6.45) is 3.77. The van der Waals surface area contributed by atoms with E-state index in [2.05, 4.69) is 15.6 Å². The van der Waals surface area contributed by atoms with Gasteiger partial charge >= 0.3 is 0 Å². The quantitative estimate of drug-likeness (QED) is 0.592. The first-order valence-corrected chi connectivity index (χ1v) is 8.53. The van der Waals surface area contributed by atoms with E-state index in [1.807, 2.05) is 31.2 Å². The maximum absolute atomic E-state index is 5.86. The zero-order valence-corrected chi connectivity index (χ0v) is 14.6. The SMILES string of the molecule is CN=C(NCCC1CCCO1)NCC(C)Oc1ccc(Cl)cc1. The highest BCUT2D eigenvalue weighted by atomic mass is 35.5. The molecule has 0 aromatic heterocycles. The van der Waals surface area contributed by atoms with Crippen LogP contribution in [0.1, 0.15) is 26.2 Å². The normalized spacial score (nSPS) is 19.4. The van der Waals surface area contributed by atoms with Crippen LogP contribution in [0.25, 0.3) is 0 Å². The van der Waals surface area contributed by atoms with Crippen molar-refractivity contribution in [3.63, 3.8) is 0 Å². The number of nitrogens with one attached hydrogen (secondary N) is 2. The molecule has 5 nitrogen and oxygen atoms in total. The van der Waals surface area contributed by atoms with Gasteiger partial charge in [0.05, 0.1) is 12.6 Å². The Morgan fingerprint density at radius 3 is 2.83 bits per heavy atom. The van der Waals surface area contributed by atoms with Gasteiger partial charge in [0, 0.05) is 25.2 Å². The third kappa shape index (κ3) is 6.67. The Balaban J connectivity index is 1.64. The molecule has 1 aliphatic heterocycles. The van der Waals surface area contributed by atoms with Crippen molar-refractivity contribution in [2.75, 3.05) is 26.7 Å². The Labute approximate surface area is 143 Å². The molecule has 6 heteroatoms. The van der Waals surface area contributed by atoms with Crippen molar-refractivity contribution < 1.29 is 9.47 Å². The summed E-state index contributed by atoms with van der Waals surface area (Å²) < 4.78 is 11.4. The van der Waals surface area contributed by atoms with Gasteiger partial charge < -0.3 is 20.1 Å². The minimum absolute atomic E-state index is 0.0212. The van der Waals surface area contributed by atoms with Gasteiger partial charge in [-0.05, 0) is 50.5 Å². The fourth-order valence-corrected chi connectivity index (χ4v) is 2.60. The molecular weight excluding hydrogens is 314 g/mol. The molecular formula is C17H26ClN3O2. The summed E-state index contributed by atoms with van der Waals surface area (Å²) >= 11 is 5.86. The fraction of sp³-hybridized carbons (Fsp3) is 0.588. The summed E-state index contributed by atoms with van der Waals surface area (Å²) in [6, 6.07) is 7.38. The first-order chi connectivity index (χ1) is 11.2. The molecule has 1 aromatic carbocycles. The lowest BCUT2D eigenvalue weighted by Gasteiger charge is -2.18. The van der Waals surface area contributed by atoms with Crippen LogP contribution in [0.15, 0.2) is 29.3 Å². The number of hydrogen-bond donors (Lipinski definition) is 2. The van der Waals surface area contributed by atoms with Crippen LogP contribution in [0.5, 0.6) is 5.75 Å². The summed E-state index contributed by atoms with van der Waals surface area (Å²) in [5.41, 5.74) is 0. The number of halogens is 1. The first-order valence-electron chi connectivity index (χ1n) is 8.15. The lowest BCUT2D eigenvalue weighted by molar-refractivity contribution is 0.105. The van der Waals surface area contributed by atoms with Gasteiger partial charge in [-0.1, -0.05) is 11.6 Å². The van der Waals surface area contributed by atoms with Gasteiger partial charge in [-0.3, -0.25) is 4.99 Å². The Morgan fingerprint density at radius 2 is 2.17 bits per heavy atom. The summed E-state index contributed by atoms with van der Waals surface area (Å²) in [5.74, 6) is 1.60. The van der Waals surface area contributed by atoms with Crippen molar-refractivity contribution in [1.29, 1.82) is 0 Å². The Morgan fingerprint density at radius 1 is 1.39 bits per heavy atom. The second-order valence-corrected chi connectivity index (χ2v) is 6.12. The van der Waals surface area contributed by atoms with E-state index in [0.29, 0.717) is 17.7 Å². The molecule has 128 valence electrons. The zero-order valence-electron chi connectivity index (χ0n) is 13.8. The third-order valence-corrected chi connectivity index (χ3v) is 3.97. The molecule has 1 aliphatic rings. The highest BCUT2D eigenvalue weighted by molar-refractivity contribution is 6.30. The monoisotopic (exact) mass is 339 g/mol. The Hall–Kier alpha value is -1.46. The largest absolute Gasteiger partial charge is 0.489 e. The van der Waals surface area contributed by atoms with Crippen molar-refractivity contribution in [3.05, 3.63) is 29.3 Å². The molecule has 1 fully saturated rings. The summed E-state index contributed by atoms with van der Waals surface area (Å²) in [5, 5.41) is 7.29. The maximum atomic E-state index is 5.86. The lowest BCUT2D eigenvalue weighted by atomic mass is 10.2. The van der Waals surface area contributed by atoms with E-state index in [9.17, 15) is 0 Å². The van der Waals surface area contributed by atoms with Crippen molar-refractivity contribution >= 4 is 17.6 Å². The van der Waals surface area contributed by atoms with E-state index in [1.165, 1.54) is 12.8 Å². The van der Waals surface area contributed by atoms with Gasteiger partial charge in [-0.15, -0.1) is 0 Å². The molecule has 2 N–H and O–H groups in total. The number of rotatable bonds is 7. The van der Waals surface area contributed by atoms with Crippen LogP contribution < -0.4 is 15.4 Å². The number of aliphatic imine (C=N–C) groups is 1. The van der Waals surface area contributed by atoms with Gasteiger partial charge in [0.2, 0.25) is 0 Å². The zero-order chi connectivity index (χ0) is 16.5. The number of hydrogen-bond acceptors (Lipinski definition) is 3. The van der Waals surface area contributed by atoms with Crippen molar-refractivity contribution in [2.24, 2.45) is 4.99 Å². The molecule has 0 saturated carbocycles. The van der Waals surface area contributed by atoms with Crippen LogP contribution in [0.2, 0.25) is 5.02 Å². The molecule has 1 aromatic rings. The first kappa shape index (κ1) is 17.9. The summed E-state index contributed by atoms with van der Waals surface area (Å²) in [4.78, 5) is 4.22. The van der Waals surface area contributed by atoms with Gasteiger partial charge in [-0.2, -0.15) is 0 Å². The van der Waals surface area contributed by atoms with E-state index >= 15 is 0 Å². The van der Waals surface area contributed by atoms with E-state index in [-0.39, 0.29) is 6.10 Å². The molecule has 0 amide bonds. The van der Waals surface area contributed by atoms with E-state index in [0.717, 1.165) is 31.3 Å². The van der Waals surface area contributed by atoms with Crippen LogP contribution in [-0.2, 0) is 4.74 Å². The molecule has 0 bridgehead atoms. The second-order valence-electron chi connectivity index (χ2n) is 5.69. The highest BCUT2D eigenvalue weighted by Crippen LogP contribution is 2.16. The Kier molecular flexibility index (Phi) is 7.49. The van der Waals surface area contributed by atoms with Gasteiger partial charge in [0.25, 0.3) is 0 Å². The molecule has 2 rings (SSSR count). The average molecular weight is 340 g/mol. The number of guanidine groups is 1. The maximum Gasteiger partial charge on any atom is 0.191 e. The van der Waals surface area contributed by atoms with E-state index in [4.69, 9.17) is 21.1 Å². The average Bonchev–Trinajstić information content (AvgIpc) is 3.06. The summed E-state index contributed by atoms with van der Waals surface area (Å²) in [7, 11) is 1.77. The third-order valence-electron chi connectivity index (χ3n) is 3.71. The fourth-order valence-electron chi connectivity index (χ4n) is 2.47. The minimum atomic E-state index is 0.0212. The van der Waals surface area contributed by atoms with Crippen molar-refractivity contribution in [1.82, 2.24) is 10.6 Å². The standard InChI is InChI=1S/C17H26ClN3O2/c1-13(23-16-7-5-14(18)6-8-16)12-21-17(19-2)20-10-9-15-4-3-11-22-15/h5-8,13,15H,3-4,9-12H2,1-2H3,(H2,19,20,21). The van der Waals surface area contributed by atoms with Gasteiger partial charge in [0.15, 0.2) is 5.96 Å². The predicted octanol–water partition coefficient (Wildman–Crippen LogP) is 2.84. The molecule has 2 atom stereocenters. The lowest BCUT2D eigenvalue weighted by Crippen LogP contribution is -2.42. The summed E-state index contributed by atoms with van der Waals surface area (Å²) in [6.45, 7) is 4.44. The number of ether oxygens (including phenoxy) is 2. The van der Waals surface area contributed by atoms with Crippen LogP contribution in [-0.4, -0.2) is 44.9 Å². The topological polar surface area (TPSA) is 54.9 Å². The molecule has 0 radical (unpaired) electrons. The van der Waals surface area contributed by atoms with Crippen LogP contribution in [0.3, 0.4) is 0 Å². The van der Waals surface area contributed by atoms with Crippen LogP contribution in [0, 0.1) is 0 Å². The molecule has 0 aliphatic carbocycles. The van der Waals surface area contributed by atoms with Crippen LogP contribution >= 0.6 is 11.6 Å². The van der Waals surface area contributed by atoms with Crippen molar-refractivity contribution in [3.8, 4) is 5.75 Å². The van der Waals surface area contributed by atoms with Gasteiger partial charge in [0.1, 0.15) is 11.9 Å². The number of nitrogens with zero attached hydrogens (tertiary/aromatic N) is 1.